The highest BCUT2D eigenvalue weighted by Gasteiger charge is 2.33. The number of nitrogens with two attached hydrogens (primary N) is 1. The van der Waals surface area contributed by atoms with E-state index in [1.807, 2.05) is 36.4 Å². The SMILES string of the molecule is NC(c1ccc(Cl)c2ccccc12)C1CCS(=O)(=O)C1. The van der Waals surface area contributed by atoms with Crippen molar-refractivity contribution in [3.05, 3.63) is 47.0 Å². The van der Waals surface area contributed by atoms with Crippen LogP contribution in [-0.2, 0) is 9.84 Å². The van der Waals surface area contributed by atoms with E-state index >= 15 is 0 Å². The van der Waals surface area contributed by atoms with Crippen LogP contribution in [0.25, 0.3) is 10.8 Å². The van der Waals surface area contributed by atoms with E-state index < -0.39 is 9.84 Å². The van der Waals surface area contributed by atoms with E-state index in [1.54, 1.807) is 0 Å². The molecular formula is C15H16ClNO2S. The van der Waals surface area contributed by atoms with Crippen LogP contribution >= 0.6 is 11.6 Å². The van der Waals surface area contributed by atoms with Crippen molar-refractivity contribution in [3.63, 3.8) is 0 Å². The molecule has 0 spiro atoms. The molecule has 20 heavy (non-hydrogen) atoms. The Morgan fingerprint density at radius 1 is 1.15 bits per heavy atom. The highest BCUT2D eigenvalue weighted by atomic mass is 35.5. The molecule has 0 radical (unpaired) electrons. The monoisotopic (exact) mass is 309 g/mol. The second-order valence-corrected chi connectivity index (χ2v) is 8.01. The van der Waals surface area contributed by atoms with Crippen LogP contribution < -0.4 is 5.73 Å². The van der Waals surface area contributed by atoms with E-state index in [4.69, 9.17) is 17.3 Å². The molecule has 0 amide bonds. The minimum Gasteiger partial charge on any atom is -0.324 e. The molecule has 2 aromatic rings. The van der Waals surface area contributed by atoms with Gasteiger partial charge in [0.05, 0.1) is 11.5 Å². The molecule has 1 aliphatic heterocycles. The van der Waals surface area contributed by atoms with Gasteiger partial charge in [0.2, 0.25) is 0 Å². The second-order valence-electron chi connectivity index (χ2n) is 5.37. The summed E-state index contributed by atoms with van der Waals surface area (Å²) in [6.07, 6.45) is 0.639. The molecule has 0 aromatic heterocycles. The van der Waals surface area contributed by atoms with E-state index in [1.165, 1.54) is 0 Å². The molecule has 1 fully saturated rings. The number of fused-ring (bicyclic) bond motifs is 1. The minimum absolute atomic E-state index is 0.00965. The van der Waals surface area contributed by atoms with Gasteiger partial charge in [-0.3, -0.25) is 0 Å². The van der Waals surface area contributed by atoms with Gasteiger partial charge in [-0.15, -0.1) is 0 Å². The minimum atomic E-state index is -2.92. The zero-order valence-corrected chi connectivity index (χ0v) is 12.5. The Kier molecular flexibility index (Phi) is 3.48. The summed E-state index contributed by atoms with van der Waals surface area (Å²) in [5.74, 6) is 0.423. The molecule has 0 bridgehead atoms. The van der Waals surface area contributed by atoms with Gasteiger partial charge in [0.25, 0.3) is 0 Å². The normalized spacial score (nSPS) is 23.0. The Bertz CT molecular complexity index is 758. The molecule has 1 aliphatic rings. The van der Waals surface area contributed by atoms with Gasteiger partial charge < -0.3 is 5.73 Å². The van der Waals surface area contributed by atoms with Crippen molar-refractivity contribution in [2.45, 2.75) is 12.5 Å². The van der Waals surface area contributed by atoms with E-state index in [-0.39, 0.29) is 23.5 Å². The zero-order chi connectivity index (χ0) is 14.3. The van der Waals surface area contributed by atoms with Crippen LogP contribution in [0.15, 0.2) is 36.4 Å². The quantitative estimate of drug-likeness (QED) is 0.928. The molecule has 0 aliphatic carbocycles. The standard InChI is InChI=1S/C15H16ClNO2S/c16-14-6-5-13(11-3-1-2-4-12(11)14)15(17)10-7-8-20(18,19)9-10/h1-6,10,15H,7-9,17H2. The Labute approximate surface area is 123 Å². The predicted molar refractivity (Wildman–Crippen MR) is 82.6 cm³/mol. The van der Waals surface area contributed by atoms with Crippen molar-refractivity contribution < 1.29 is 8.42 Å². The highest BCUT2D eigenvalue weighted by molar-refractivity contribution is 7.91. The van der Waals surface area contributed by atoms with Crippen LogP contribution in [0.5, 0.6) is 0 Å². The first-order valence-electron chi connectivity index (χ1n) is 6.61. The molecule has 2 N–H and O–H groups in total. The van der Waals surface area contributed by atoms with Gasteiger partial charge >= 0.3 is 0 Å². The van der Waals surface area contributed by atoms with Gasteiger partial charge in [0.1, 0.15) is 0 Å². The number of sulfone groups is 1. The fraction of sp³-hybridized carbons (Fsp3) is 0.333. The van der Waals surface area contributed by atoms with Crippen molar-refractivity contribution in [1.82, 2.24) is 0 Å². The third-order valence-electron chi connectivity index (χ3n) is 4.04. The van der Waals surface area contributed by atoms with Gasteiger partial charge in [0.15, 0.2) is 9.84 Å². The van der Waals surface area contributed by atoms with Crippen molar-refractivity contribution in [3.8, 4) is 0 Å². The summed E-state index contributed by atoms with van der Waals surface area (Å²) >= 11 is 6.20. The Hall–Kier alpha value is -1.10. The molecule has 3 rings (SSSR count). The van der Waals surface area contributed by atoms with Crippen LogP contribution in [0.4, 0.5) is 0 Å². The van der Waals surface area contributed by atoms with E-state index in [9.17, 15) is 8.42 Å². The maximum atomic E-state index is 11.6. The Morgan fingerprint density at radius 2 is 1.85 bits per heavy atom. The summed E-state index contributed by atoms with van der Waals surface area (Å²) in [6, 6.07) is 11.3. The summed E-state index contributed by atoms with van der Waals surface area (Å²) in [4.78, 5) is 0. The van der Waals surface area contributed by atoms with Crippen LogP contribution in [-0.4, -0.2) is 19.9 Å². The predicted octanol–water partition coefficient (Wildman–Crippen LogP) is 2.93. The number of hydrogen-bond acceptors (Lipinski definition) is 3. The van der Waals surface area contributed by atoms with Crippen LogP contribution in [0.1, 0.15) is 18.0 Å². The third-order valence-corrected chi connectivity index (χ3v) is 6.16. The average molecular weight is 310 g/mol. The molecule has 2 aromatic carbocycles. The van der Waals surface area contributed by atoms with Gasteiger partial charge in [-0.2, -0.15) is 0 Å². The molecule has 106 valence electrons. The number of benzene rings is 2. The van der Waals surface area contributed by atoms with Gasteiger partial charge in [-0.1, -0.05) is 41.9 Å². The smallest absolute Gasteiger partial charge is 0.150 e. The first kappa shape index (κ1) is 13.9. The largest absolute Gasteiger partial charge is 0.324 e. The maximum absolute atomic E-state index is 11.6. The van der Waals surface area contributed by atoms with E-state index in [2.05, 4.69) is 0 Å². The van der Waals surface area contributed by atoms with E-state index in [0.29, 0.717) is 11.4 Å². The zero-order valence-electron chi connectivity index (χ0n) is 10.9. The van der Waals surface area contributed by atoms with Gasteiger partial charge in [-0.05, 0) is 29.4 Å². The van der Waals surface area contributed by atoms with Crippen molar-refractivity contribution in [2.24, 2.45) is 11.7 Å². The fourth-order valence-corrected chi connectivity index (χ4v) is 5.02. The van der Waals surface area contributed by atoms with Crippen molar-refractivity contribution >= 4 is 32.2 Å². The molecule has 2 unspecified atom stereocenters. The fourth-order valence-electron chi connectivity index (χ4n) is 2.94. The highest BCUT2D eigenvalue weighted by Crippen LogP contribution is 2.35. The average Bonchev–Trinajstić information content (AvgIpc) is 2.79. The number of halogens is 1. The van der Waals surface area contributed by atoms with Crippen LogP contribution in [0.2, 0.25) is 5.02 Å². The summed E-state index contributed by atoms with van der Waals surface area (Å²) < 4.78 is 23.2. The van der Waals surface area contributed by atoms with Crippen LogP contribution in [0.3, 0.4) is 0 Å². The maximum Gasteiger partial charge on any atom is 0.150 e. The molecule has 1 heterocycles. The first-order valence-corrected chi connectivity index (χ1v) is 8.81. The van der Waals surface area contributed by atoms with Crippen molar-refractivity contribution in [2.75, 3.05) is 11.5 Å². The summed E-state index contributed by atoms with van der Waals surface area (Å²) in [5.41, 5.74) is 7.31. The topological polar surface area (TPSA) is 60.2 Å². The lowest BCUT2D eigenvalue weighted by Gasteiger charge is -2.20. The Balaban J connectivity index is 2.04. The molecular weight excluding hydrogens is 294 g/mol. The lowest BCUT2D eigenvalue weighted by atomic mass is 9.90. The first-order chi connectivity index (χ1) is 9.48. The summed E-state index contributed by atoms with van der Waals surface area (Å²) in [7, 11) is -2.92. The molecule has 0 saturated carbocycles. The van der Waals surface area contributed by atoms with Crippen LogP contribution in [0, 0.1) is 5.92 Å². The van der Waals surface area contributed by atoms with E-state index in [0.717, 1.165) is 16.3 Å². The van der Waals surface area contributed by atoms with Gasteiger partial charge in [-0.25, -0.2) is 8.42 Å². The lowest BCUT2D eigenvalue weighted by molar-refractivity contribution is 0.482. The molecule has 3 nitrogen and oxygen atoms in total. The molecule has 5 heteroatoms. The lowest BCUT2D eigenvalue weighted by Crippen LogP contribution is -2.22. The van der Waals surface area contributed by atoms with Crippen molar-refractivity contribution in [1.29, 1.82) is 0 Å². The number of hydrogen-bond donors (Lipinski definition) is 1. The summed E-state index contributed by atoms with van der Waals surface area (Å²) in [5, 5.41) is 2.66. The Morgan fingerprint density at radius 3 is 2.50 bits per heavy atom. The second kappa shape index (κ2) is 5.02. The third kappa shape index (κ3) is 2.43. The summed E-state index contributed by atoms with van der Waals surface area (Å²) in [6.45, 7) is 0. The molecule has 2 atom stereocenters. The number of rotatable bonds is 2. The molecule has 1 saturated heterocycles. The van der Waals surface area contributed by atoms with Gasteiger partial charge in [0, 0.05) is 16.5 Å².